The Hall–Kier alpha value is -2.53. The van der Waals surface area contributed by atoms with Gasteiger partial charge >= 0.3 is 12.1 Å². The van der Waals surface area contributed by atoms with Gasteiger partial charge in [-0.25, -0.2) is 18.4 Å². The van der Waals surface area contributed by atoms with E-state index in [1.54, 1.807) is 36.4 Å². The Bertz CT molecular complexity index is 726. The fourth-order valence-corrected chi connectivity index (χ4v) is 2.82. The molecule has 2 rings (SSSR count). The van der Waals surface area contributed by atoms with E-state index < -0.39 is 32.9 Å². The minimum atomic E-state index is -2.41. The molecule has 0 saturated heterocycles. The van der Waals surface area contributed by atoms with Gasteiger partial charge in [0.15, 0.2) is 0 Å². The van der Waals surface area contributed by atoms with E-state index in [1.807, 2.05) is 6.07 Å². The summed E-state index contributed by atoms with van der Waals surface area (Å²) in [5, 5.41) is 12.1. The Balaban J connectivity index is 1.89. The second-order valence-corrected chi connectivity index (χ2v) is 6.75. The molecular formula is C18H18F2NO4P. The average molecular weight is 381 g/mol. The lowest BCUT2D eigenvalue weighted by Crippen LogP contribution is -2.42. The van der Waals surface area contributed by atoms with Crippen LogP contribution in [-0.2, 0) is 22.6 Å². The lowest BCUT2D eigenvalue weighted by Gasteiger charge is -2.15. The molecule has 0 aliphatic rings. The van der Waals surface area contributed by atoms with Crippen molar-refractivity contribution < 1.29 is 28.2 Å². The number of carbonyl (C=O) groups excluding carboxylic acids is 1. The van der Waals surface area contributed by atoms with Gasteiger partial charge < -0.3 is 15.2 Å². The molecule has 8 heteroatoms. The number of aliphatic carboxylic acids is 1. The molecule has 0 spiro atoms. The Morgan fingerprint density at radius 1 is 1.04 bits per heavy atom. The highest BCUT2D eigenvalue weighted by Gasteiger charge is 2.21. The molecule has 26 heavy (non-hydrogen) atoms. The molecule has 2 atom stereocenters. The second kappa shape index (κ2) is 9.82. The first-order valence-corrected chi connectivity index (χ1v) is 8.85. The van der Waals surface area contributed by atoms with Crippen molar-refractivity contribution in [3.8, 4) is 0 Å². The van der Waals surface area contributed by atoms with E-state index in [9.17, 15) is 23.5 Å². The lowest BCUT2D eigenvalue weighted by molar-refractivity contribution is -0.139. The average Bonchev–Trinajstić information content (AvgIpc) is 2.61. The molecule has 5 nitrogen and oxygen atoms in total. The van der Waals surface area contributed by atoms with Crippen molar-refractivity contribution >= 4 is 25.9 Å². The van der Waals surface area contributed by atoms with Gasteiger partial charge in [0, 0.05) is 6.42 Å². The van der Waals surface area contributed by atoms with E-state index in [2.05, 4.69) is 5.32 Å². The topological polar surface area (TPSA) is 75.6 Å². The molecule has 0 heterocycles. The number of rotatable bonds is 8. The van der Waals surface area contributed by atoms with Gasteiger partial charge in [-0.1, -0.05) is 54.6 Å². The smallest absolute Gasteiger partial charge is 0.408 e. The first-order valence-electron chi connectivity index (χ1n) is 7.77. The number of amides is 1. The normalized spacial score (nSPS) is 12.3. The van der Waals surface area contributed by atoms with Gasteiger partial charge in [0.1, 0.15) is 12.6 Å². The zero-order valence-corrected chi connectivity index (χ0v) is 14.7. The van der Waals surface area contributed by atoms with E-state index >= 15 is 0 Å². The number of hydrogen-bond donors (Lipinski definition) is 2. The number of alkyl halides is 2. The quantitative estimate of drug-likeness (QED) is 0.689. The predicted molar refractivity (Wildman–Crippen MR) is 95.3 cm³/mol. The molecule has 2 aromatic rings. The van der Waals surface area contributed by atoms with Gasteiger partial charge in [0.25, 0.3) is 6.17 Å². The molecule has 0 aromatic heterocycles. The standard InChI is InChI=1S/C18H18F2NO4P/c19-17(20)26-14-8-6-12(7-9-14)10-15(16(22)23)21-18(24)25-11-13-4-2-1-3-5-13/h1-9,15,17,26H,10-11H2,(H,21,24)(H,22,23)/t15-/m0/s1. The maximum absolute atomic E-state index is 12.3. The van der Waals surface area contributed by atoms with E-state index in [0.717, 1.165) is 5.56 Å². The fraction of sp³-hybridized carbons (Fsp3) is 0.222. The molecule has 2 aromatic carbocycles. The first kappa shape index (κ1) is 19.8. The minimum absolute atomic E-state index is 0.0217. The van der Waals surface area contributed by atoms with E-state index in [1.165, 1.54) is 12.1 Å². The first-order chi connectivity index (χ1) is 12.4. The largest absolute Gasteiger partial charge is 0.480 e. The van der Waals surface area contributed by atoms with Crippen LogP contribution in [0.1, 0.15) is 11.1 Å². The van der Waals surface area contributed by atoms with Crippen molar-refractivity contribution in [2.75, 3.05) is 0 Å². The Kier molecular flexibility index (Phi) is 7.48. The van der Waals surface area contributed by atoms with Crippen molar-refractivity contribution in [1.29, 1.82) is 0 Å². The SMILES string of the molecule is O=C(N[C@@H](Cc1ccc(PC(F)F)cc1)C(=O)O)OCc1ccccc1. The summed E-state index contributed by atoms with van der Waals surface area (Å²) in [5.41, 5.74) is 1.40. The van der Waals surface area contributed by atoms with Gasteiger partial charge in [-0.15, -0.1) is 0 Å². The Labute approximate surface area is 151 Å². The van der Waals surface area contributed by atoms with Gasteiger partial charge in [-0.05, 0) is 25.0 Å². The van der Waals surface area contributed by atoms with E-state index in [0.29, 0.717) is 10.9 Å². The zero-order chi connectivity index (χ0) is 18.9. The third kappa shape index (κ3) is 6.76. The number of carboxylic acid groups (broad SMARTS) is 1. The van der Waals surface area contributed by atoms with Crippen LogP contribution in [0.3, 0.4) is 0 Å². The van der Waals surface area contributed by atoms with Crippen LogP contribution in [-0.4, -0.2) is 29.4 Å². The van der Waals surface area contributed by atoms with Gasteiger partial charge in [0.05, 0.1) is 0 Å². The third-order valence-electron chi connectivity index (χ3n) is 3.47. The van der Waals surface area contributed by atoms with Gasteiger partial charge in [-0.3, -0.25) is 0 Å². The summed E-state index contributed by atoms with van der Waals surface area (Å²) in [5.74, 6) is -1.21. The number of nitrogens with one attached hydrogen (secondary N) is 1. The molecule has 0 aliphatic heterocycles. The fourth-order valence-electron chi connectivity index (χ4n) is 2.21. The molecule has 0 fully saturated rings. The zero-order valence-electron chi connectivity index (χ0n) is 13.7. The van der Waals surface area contributed by atoms with Crippen LogP contribution < -0.4 is 10.6 Å². The molecule has 1 amide bonds. The summed E-state index contributed by atoms with van der Waals surface area (Å²) in [4.78, 5) is 23.2. The molecule has 0 bridgehead atoms. The second-order valence-electron chi connectivity index (χ2n) is 5.44. The number of halogens is 2. The molecule has 0 aliphatic carbocycles. The third-order valence-corrected chi connectivity index (χ3v) is 4.36. The molecule has 1 unspecified atom stereocenters. The number of hydrogen-bond acceptors (Lipinski definition) is 3. The van der Waals surface area contributed by atoms with Crippen LogP contribution in [0.15, 0.2) is 54.6 Å². The van der Waals surface area contributed by atoms with Crippen LogP contribution in [0.2, 0.25) is 0 Å². The van der Waals surface area contributed by atoms with Crippen molar-refractivity contribution in [1.82, 2.24) is 5.32 Å². The lowest BCUT2D eigenvalue weighted by atomic mass is 10.1. The molecule has 0 saturated carbocycles. The van der Waals surface area contributed by atoms with Crippen LogP contribution in [0.5, 0.6) is 0 Å². The number of benzene rings is 2. The van der Waals surface area contributed by atoms with E-state index in [4.69, 9.17) is 4.74 Å². The Morgan fingerprint density at radius 3 is 2.27 bits per heavy atom. The summed E-state index contributed by atoms with van der Waals surface area (Å²) in [6.07, 6.45) is -3.22. The molecular weight excluding hydrogens is 363 g/mol. The summed E-state index contributed by atoms with van der Waals surface area (Å²) < 4.78 is 29.7. The maximum atomic E-state index is 12.3. The molecule has 0 radical (unpaired) electrons. The molecule has 2 N–H and O–H groups in total. The van der Waals surface area contributed by atoms with Crippen molar-refractivity contribution in [2.24, 2.45) is 0 Å². The predicted octanol–water partition coefficient (Wildman–Crippen LogP) is 3.14. The maximum Gasteiger partial charge on any atom is 0.408 e. The van der Waals surface area contributed by atoms with Crippen molar-refractivity contribution in [2.45, 2.75) is 25.2 Å². The molecule has 138 valence electrons. The number of carbonyl (C=O) groups is 2. The van der Waals surface area contributed by atoms with Crippen molar-refractivity contribution in [3.05, 3.63) is 65.7 Å². The van der Waals surface area contributed by atoms with Crippen molar-refractivity contribution in [3.63, 3.8) is 0 Å². The number of carboxylic acids is 1. The summed E-state index contributed by atoms with van der Waals surface area (Å²) in [6.45, 7) is 0.0300. The number of alkyl carbamates (subject to hydrolysis) is 1. The van der Waals surface area contributed by atoms with E-state index in [-0.39, 0.29) is 13.0 Å². The monoisotopic (exact) mass is 381 g/mol. The summed E-state index contributed by atoms with van der Waals surface area (Å²) >= 11 is 0. The minimum Gasteiger partial charge on any atom is -0.480 e. The highest BCUT2D eigenvalue weighted by Crippen LogP contribution is 2.20. The summed E-state index contributed by atoms with van der Waals surface area (Å²) in [7, 11) is -0.609. The number of ether oxygens (including phenoxy) is 1. The van der Waals surface area contributed by atoms with Crippen LogP contribution >= 0.6 is 8.58 Å². The highest BCUT2D eigenvalue weighted by atomic mass is 31.1. The summed E-state index contributed by atoms with van der Waals surface area (Å²) in [6, 6.07) is 14.0. The van der Waals surface area contributed by atoms with Crippen LogP contribution in [0.25, 0.3) is 0 Å². The van der Waals surface area contributed by atoms with Crippen LogP contribution in [0, 0.1) is 0 Å². The highest BCUT2D eigenvalue weighted by molar-refractivity contribution is 7.47. The van der Waals surface area contributed by atoms with Crippen LogP contribution in [0.4, 0.5) is 13.6 Å². The van der Waals surface area contributed by atoms with Gasteiger partial charge in [-0.2, -0.15) is 0 Å². The Morgan fingerprint density at radius 2 is 1.69 bits per heavy atom. The van der Waals surface area contributed by atoms with Gasteiger partial charge in [0.2, 0.25) is 0 Å².